The number of aromatic nitrogens is 1. The molecule has 1 aromatic heterocycles. The number of hydrogen-bond donors (Lipinski definition) is 0. The van der Waals surface area contributed by atoms with Gasteiger partial charge in [0.2, 0.25) is 15.9 Å². The summed E-state index contributed by atoms with van der Waals surface area (Å²) in [5.74, 6) is -0.509. The average Bonchev–Trinajstić information content (AvgIpc) is 3.06. The minimum absolute atomic E-state index is 0.105. The first kappa shape index (κ1) is 21.1. The Bertz CT molecular complexity index is 1090. The number of rotatable bonds is 4. The average molecular weight is 436 g/mol. The first-order valence-electron chi connectivity index (χ1n) is 10.7. The van der Waals surface area contributed by atoms with Crippen molar-refractivity contribution in [3.63, 3.8) is 0 Å². The molecule has 1 aromatic carbocycles. The summed E-state index contributed by atoms with van der Waals surface area (Å²) < 4.78 is 34.1. The second-order valence-electron chi connectivity index (χ2n) is 8.48. The van der Waals surface area contributed by atoms with Crippen molar-refractivity contribution >= 4 is 27.0 Å². The van der Waals surface area contributed by atoms with Crippen molar-refractivity contribution in [2.75, 3.05) is 20.1 Å². The SMILES string of the molecule is CN(C(=O)C1CCN(S(=O)(=O)c2ccc3c(c2)oc(=O)n3C)CC1)C1CCCCC1. The molecule has 164 valence electrons. The minimum Gasteiger partial charge on any atom is -0.408 e. The lowest BCUT2D eigenvalue weighted by Crippen LogP contribution is -2.46. The summed E-state index contributed by atoms with van der Waals surface area (Å²) in [6.07, 6.45) is 6.76. The van der Waals surface area contributed by atoms with E-state index in [-0.39, 0.29) is 22.3 Å². The fourth-order valence-electron chi connectivity index (χ4n) is 4.70. The van der Waals surface area contributed by atoms with Crippen LogP contribution in [0.5, 0.6) is 0 Å². The molecule has 2 fully saturated rings. The number of nitrogens with zero attached hydrogens (tertiary/aromatic N) is 3. The number of sulfonamides is 1. The molecule has 2 heterocycles. The van der Waals surface area contributed by atoms with Gasteiger partial charge in [0.1, 0.15) is 0 Å². The first-order valence-corrected chi connectivity index (χ1v) is 12.1. The van der Waals surface area contributed by atoms with Crippen molar-refractivity contribution in [2.45, 2.75) is 55.9 Å². The van der Waals surface area contributed by atoms with Crippen LogP contribution in [0.1, 0.15) is 44.9 Å². The Hall–Kier alpha value is -2.13. The quantitative estimate of drug-likeness (QED) is 0.735. The molecule has 0 unspecified atom stereocenters. The van der Waals surface area contributed by atoms with Gasteiger partial charge in [-0.15, -0.1) is 0 Å². The highest BCUT2D eigenvalue weighted by Crippen LogP contribution is 2.29. The molecule has 1 aliphatic carbocycles. The van der Waals surface area contributed by atoms with E-state index in [1.807, 2.05) is 11.9 Å². The van der Waals surface area contributed by atoms with Crippen LogP contribution in [-0.4, -0.2) is 54.3 Å². The van der Waals surface area contributed by atoms with Crippen LogP contribution in [0.2, 0.25) is 0 Å². The molecule has 1 saturated heterocycles. The van der Waals surface area contributed by atoms with Gasteiger partial charge in [-0.2, -0.15) is 4.31 Å². The van der Waals surface area contributed by atoms with Crippen molar-refractivity contribution in [3.8, 4) is 0 Å². The fourth-order valence-corrected chi connectivity index (χ4v) is 6.19. The van der Waals surface area contributed by atoms with Crippen LogP contribution in [0.3, 0.4) is 0 Å². The van der Waals surface area contributed by atoms with E-state index < -0.39 is 15.8 Å². The summed E-state index contributed by atoms with van der Waals surface area (Å²) in [7, 11) is -0.239. The van der Waals surface area contributed by atoms with Crippen LogP contribution in [0.15, 0.2) is 32.3 Å². The predicted octanol–water partition coefficient (Wildman–Crippen LogP) is 2.32. The molecule has 30 heavy (non-hydrogen) atoms. The van der Waals surface area contributed by atoms with Crippen molar-refractivity contribution in [3.05, 3.63) is 28.7 Å². The molecular formula is C21H29N3O5S. The number of amides is 1. The van der Waals surface area contributed by atoms with Crippen LogP contribution >= 0.6 is 0 Å². The lowest BCUT2D eigenvalue weighted by Gasteiger charge is -2.36. The Labute approximate surface area is 176 Å². The lowest BCUT2D eigenvalue weighted by molar-refractivity contribution is -0.138. The van der Waals surface area contributed by atoms with Crippen molar-refractivity contribution in [1.29, 1.82) is 0 Å². The number of hydrogen-bond acceptors (Lipinski definition) is 5. The van der Waals surface area contributed by atoms with E-state index in [1.165, 1.54) is 40.3 Å². The maximum Gasteiger partial charge on any atom is 0.419 e. The zero-order chi connectivity index (χ0) is 21.5. The maximum absolute atomic E-state index is 13.1. The summed E-state index contributed by atoms with van der Waals surface area (Å²) in [4.78, 5) is 26.6. The van der Waals surface area contributed by atoms with E-state index in [2.05, 4.69) is 0 Å². The highest BCUT2D eigenvalue weighted by atomic mass is 32.2. The Morgan fingerprint density at radius 3 is 2.43 bits per heavy atom. The highest BCUT2D eigenvalue weighted by molar-refractivity contribution is 7.89. The van der Waals surface area contributed by atoms with Crippen LogP contribution in [0, 0.1) is 5.92 Å². The molecule has 0 radical (unpaired) electrons. The monoisotopic (exact) mass is 435 g/mol. The third kappa shape index (κ3) is 3.80. The number of aryl methyl sites for hydroxylation is 1. The number of fused-ring (bicyclic) bond motifs is 1. The van der Waals surface area contributed by atoms with Gasteiger partial charge >= 0.3 is 5.76 Å². The third-order valence-electron chi connectivity index (χ3n) is 6.67. The molecule has 0 bridgehead atoms. The van der Waals surface area contributed by atoms with Crippen LogP contribution in [-0.2, 0) is 21.9 Å². The molecule has 0 atom stereocenters. The molecule has 8 nitrogen and oxygen atoms in total. The zero-order valence-corrected chi connectivity index (χ0v) is 18.4. The summed E-state index contributed by atoms with van der Waals surface area (Å²) in [6.45, 7) is 0.627. The lowest BCUT2D eigenvalue weighted by atomic mass is 9.91. The Kier molecular flexibility index (Phi) is 5.76. The summed E-state index contributed by atoms with van der Waals surface area (Å²) in [6, 6.07) is 4.81. The Balaban J connectivity index is 1.44. The third-order valence-corrected chi connectivity index (χ3v) is 8.57. The molecule has 9 heteroatoms. The summed E-state index contributed by atoms with van der Waals surface area (Å²) >= 11 is 0. The van der Waals surface area contributed by atoms with Gasteiger partial charge in [0, 0.05) is 45.2 Å². The molecule has 4 rings (SSSR count). The number of benzene rings is 1. The number of oxazole rings is 1. The van der Waals surface area contributed by atoms with E-state index in [1.54, 1.807) is 13.1 Å². The van der Waals surface area contributed by atoms with Gasteiger partial charge in [0.15, 0.2) is 5.58 Å². The van der Waals surface area contributed by atoms with Crippen LogP contribution in [0.25, 0.3) is 11.1 Å². The standard InChI is InChI=1S/C21H29N3O5S/c1-22(16-6-4-3-5-7-16)20(25)15-10-12-24(13-11-15)30(27,28)17-8-9-18-19(14-17)29-21(26)23(18)2/h8-9,14-16H,3-7,10-13H2,1-2H3. The van der Waals surface area contributed by atoms with Crippen LogP contribution in [0.4, 0.5) is 0 Å². The largest absolute Gasteiger partial charge is 0.419 e. The van der Waals surface area contributed by atoms with E-state index in [0.29, 0.717) is 37.5 Å². The smallest absolute Gasteiger partial charge is 0.408 e. The molecule has 1 aliphatic heterocycles. The van der Waals surface area contributed by atoms with E-state index in [9.17, 15) is 18.0 Å². The van der Waals surface area contributed by atoms with Gasteiger partial charge in [-0.1, -0.05) is 19.3 Å². The van der Waals surface area contributed by atoms with Crippen molar-refractivity contribution < 1.29 is 17.6 Å². The molecule has 2 aromatic rings. The van der Waals surface area contributed by atoms with Gasteiger partial charge in [-0.3, -0.25) is 9.36 Å². The minimum atomic E-state index is -3.71. The number of carbonyl (C=O) groups is 1. The molecule has 1 saturated carbocycles. The number of piperidine rings is 1. The molecule has 0 N–H and O–H groups in total. The summed E-state index contributed by atoms with van der Waals surface area (Å²) in [5, 5.41) is 0. The Morgan fingerprint density at radius 2 is 1.77 bits per heavy atom. The molecule has 0 spiro atoms. The van der Waals surface area contributed by atoms with Gasteiger partial charge in [-0.25, -0.2) is 13.2 Å². The van der Waals surface area contributed by atoms with Gasteiger partial charge in [0.05, 0.1) is 10.4 Å². The van der Waals surface area contributed by atoms with Crippen molar-refractivity contribution in [1.82, 2.24) is 13.8 Å². The first-order chi connectivity index (χ1) is 14.3. The summed E-state index contributed by atoms with van der Waals surface area (Å²) in [5.41, 5.74) is 0.803. The van der Waals surface area contributed by atoms with E-state index in [0.717, 1.165) is 12.8 Å². The van der Waals surface area contributed by atoms with Crippen LogP contribution < -0.4 is 5.76 Å². The maximum atomic E-state index is 13.1. The van der Waals surface area contributed by atoms with Crippen molar-refractivity contribution in [2.24, 2.45) is 13.0 Å². The highest BCUT2D eigenvalue weighted by Gasteiger charge is 2.35. The Morgan fingerprint density at radius 1 is 1.10 bits per heavy atom. The fraction of sp³-hybridized carbons (Fsp3) is 0.619. The topological polar surface area (TPSA) is 92.8 Å². The predicted molar refractivity (Wildman–Crippen MR) is 113 cm³/mol. The normalized spacial score (nSPS) is 19.9. The van der Waals surface area contributed by atoms with E-state index in [4.69, 9.17) is 4.42 Å². The molecule has 2 aliphatic rings. The molecule has 1 amide bonds. The second kappa shape index (κ2) is 8.19. The molecular weight excluding hydrogens is 406 g/mol. The second-order valence-corrected chi connectivity index (χ2v) is 10.4. The van der Waals surface area contributed by atoms with Gasteiger partial charge in [0.25, 0.3) is 0 Å². The van der Waals surface area contributed by atoms with E-state index >= 15 is 0 Å². The van der Waals surface area contributed by atoms with Gasteiger partial charge in [-0.05, 0) is 37.8 Å². The van der Waals surface area contributed by atoms with Gasteiger partial charge < -0.3 is 9.32 Å². The number of carbonyl (C=O) groups excluding carboxylic acids is 1. The zero-order valence-electron chi connectivity index (χ0n) is 17.5.